The third-order valence-electron chi connectivity index (χ3n) is 3.60. The summed E-state index contributed by atoms with van der Waals surface area (Å²) in [5.41, 5.74) is 7.36. The maximum Gasteiger partial charge on any atom is 0.255 e. The van der Waals surface area contributed by atoms with E-state index in [0.29, 0.717) is 18.0 Å². The van der Waals surface area contributed by atoms with Gasteiger partial charge < -0.3 is 20.5 Å². The van der Waals surface area contributed by atoms with Gasteiger partial charge in [-0.25, -0.2) is 0 Å². The van der Waals surface area contributed by atoms with E-state index in [-0.39, 0.29) is 12.6 Å². The van der Waals surface area contributed by atoms with Gasteiger partial charge in [0.25, 0.3) is 5.91 Å². The number of carbonyl (C=O) groups is 1. The van der Waals surface area contributed by atoms with Crippen LogP contribution in [-0.2, 0) is 11.3 Å². The third-order valence-corrected chi connectivity index (χ3v) is 4.34. The summed E-state index contributed by atoms with van der Waals surface area (Å²) < 4.78 is 11.6. The first-order chi connectivity index (χ1) is 11.5. The smallest absolute Gasteiger partial charge is 0.255 e. The van der Waals surface area contributed by atoms with Crippen molar-refractivity contribution < 1.29 is 14.3 Å². The highest BCUT2D eigenvalue weighted by Gasteiger charge is 2.12. The second-order valence-electron chi connectivity index (χ2n) is 5.36. The van der Waals surface area contributed by atoms with E-state index in [1.165, 1.54) is 5.56 Å². The lowest BCUT2D eigenvalue weighted by Gasteiger charge is -2.17. The number of carbonyl (C=O) groups excluding carboxylic acids is 1. The van der Waals surface area contributed by atoms with Gasteiger partial charge in [-0.2, -0.15) is 0 Å². The van der Waals surface area contributed by atoms with Crippen molar-refractivity contribution in [2.75, 3.05) is 13.7 Å². The number of nitrogens with one attached hydrogen (secondary N) is 1. The average molecular weight is 393 g/mol. The van der Waals surface area contributed by atoms with E-state index in [1.54, 1.807) is 13.2 Å². The minimum Gasteiger partial charge on any atom is -0.493 e. The van der Waals surface area contributed by atoms with Gasteiger partial charge in [-0.15, -0.1) is 0 Å². The second kappa shape index (κ2) is 8.70. The van der Waals surface area contributed by atoms with E-state index in [9.17, 15) is 4.79 Å². The molecule has 128 valence electrons. The first-order valence-corrected chi connectivity index (χ1v) is 8.36. The number of halogens is 1. The standard InChI is InChI=1S/C18H21BrN2O3/c1-12(13-6-4-3-5-7-13)21-10-14-8-16(23-2)17(9-15(14)19)24-11-18(20)22/h3-9,12,21H,10-11H2,1-2H3,(H2,20,22)/t12-/m1/s1. The molecular weight excluding hydrogens is 372 g/mol. The predicted octanol–water partition coefficient (Wildman–Crippen LogP) is 3.17. The largest absolute Gasteiger partial charge is 0.493 e. The van der Waals surface area contributed by atoms with Crippen molar-refractivity contribution in [3.8, 4) is 11.5 Å². The molecule has 1 amide bonds. The molecule has 0 spiro atoms. The number of ether oxygens (including phenoxy) is 2. The summed E-state index contributed by atoms with van der Waals surface area (Å²) in [7, 11) is 1.56. The van der Waals surface area contributed by atoms with E-state index < -0.39 is 5.91 Å². The Morgan fingerprint density at radius 3 is 2.58 bits per heavy atom. The molecule has 2 rings (SSSR count). The average Bonchev–Trinajstić information content (AvgIpc) is 2.59. The lowest BCUT2D eigenvalue weighted by Crippen LogP contribution is -2.20. The minimum absolute atomic E-state index is 0.189. The Morgan fingerprint density at radius 1 is 1.25 bits per heavy atom. The Kier molecular flexibility index (Phi) is 6.63. The first kappa shape index (κ1) is 18.3. The molecule has 0 aromatic heterocycles. The molecule has 0 saturated carbocycles. The van der Waals surface area contributed by atoms with Crippen LogP contribution in [0, 0.1) is 0 Å². The molecular formula is C18H21BrN2O3. The van der Waals surface area contributed by atoms with E-state index in [1.807, 2.05) is 24.3 Å². The molecule has 2 aromatic rings. The fourth-order valence-corrected chi connectivity index (χ4v) is 2.72. The maximum absolute atomic E-state index is 10.9. The van der Waals surface area contributed by atoms with Crippen LogP contribution >= 0.6 is 15.9 Å². The number of rotatable bonds is 8. The molecule has 0 aliphatic rings. The van der Waals surface area contributed by atoms with Crippen LogP contribution in [-0.4, -0.2) is 19.6 Å². The van der Waals surface area contributed by atoms with Crippen LogP contribution in [0.15, 0.2) is 46.9 Å². The molecule has 24 heavy (non-hydrogen) atoms. The number of benzene rings is 2. The summed E-state index contributed by atoms with van der Waals surface area (Å²) in [6.07, 6.45) is 0. The van der Waals surface area contributed by atoms with Gasteiger partial charge in [0.15, 0.2) is 18.1 Å². The zero-order chi connectivity index (χ0) is 17.5. The zero-order valence-corrected chi connectivity index (χ0v) is 15.3. The molecule has 0 bridgehead atoms. The molecule has 3 N–H and O–H groups in total. The normalized spacial score (nSPS) is 11.8. The fourth-order valence-electron chi connectivity index (χ4n) is 2.26. The van der Waals surface area contributed by atoms with E-state index >= 15 is 0 Å². The van der Waals surface area contributed by atoms with Gasteiger partial charge in [-0.05, 0) is 30.2 Å². The number of hydrogen-bond acceptors (Lipinski definition) is 4. The molecule has 0 aliphatic carbocycles. The molecule has 1 atom stereocenters. The van der Waals surface area contributed by atoms with Gasteiger partial charge in [-0.1, -0.05) is 46.3 Å². The second-order valence-corrected chi connectivity index (χ2v) is 6.22. The fraction of sp³-hybridized carbons (Fsp3) is 0.278. The lowest BCUT2D eigenvalue weighted by molar-refractivity contribution is -0.119. The topological polar surface area (TPSA) is 73.6 Å². The lowest BCUT2D eigenvalue weighted by atomic mass is 10.1. The SMILES string of the molecule is COc1cc(CN[C@H](C)c2ccccc2)c(Br)cc1OCC(N)=O. The predicted molar refractivity (Wildman–Crippen MR) is 97.1 cm³/mol. The van der Waals surface area contributed by atoms with Crippen LogP contribution in [0.1, 0.15) is 24.1 Å². The van der Waals surface area contributed by atoms with Crippen LogP contribution in [0.25, 0.3) is 0 Å². The van der Waals surface area contributed by atoms with Gasteiger partial charge >= 0.3 is 0 Å². The van der Waals surface area contributed by atoms with Crippen molar-refractivity contribution in [1.29, 1.82) is 0 Å². The summed E-state index contributed by atoms with van der Waals surface area (Å²) in [4.78, 5) is 10.9. The molecule has 0 aliphatic heterocycles. The first-order valence-electron chi connectivity index (χ1n) is 7.57. The number of amides is 1. The molecule has 6 heteroatoms. The van der Waals surface area contributed by atoms with E-state index in [4.69, 9.17) is 15.2 Å². The molecule has 0 saturated heterocycles. The Hall–Kier alpha value is -2.05. The van der Waals surface area contributed by atoms with Crippen LogP contribution in [0.3, 0.4) is 0 Å². The van der Waals surface area contributed by atoms with Crippen LogP contribution in [0.2, 0.25) is 0 Å². The monoisotopic (exact) mass is 392 g/mol. The van der Waals surface area contributed by atoms with Gasteiger partial charge in [0.1, 0.15) is 0 Å². The summed E-state index contributed by atoms with van der Waals surface area (Å²) >= 11 is 3.53. The van der Waals surface area contributed by atoms with Gasteiger partial charge in [0, 0.05) is 17.1 Å². The van der Waals surface area contributed by atoms with Crippen molar-refractivity contribution in [3.63, 3.8) is 0 Å². The van der Waals surface area contributed by atoms with Crippen molar-refractivity contribution in [2.24, 2.45) is 5.73 Å². The quantitative estimate of drug-likeness (QED) is 0.723. The van der Waals surface area contributed by atoms with Crippen molar-refractivity contribution in [2.45, 2.75) is 19.5 Å². The molecule has 0 radical (unpaired) electrons. The zero-order valence-electron chi connectivity index (χ0n) is 13.7. The third kappa shape index (κ3) is 4.97. The van der Waals surface area contributed by atoms with E-state index in [0.717, 1.165) is 10.0 Å². The molecule has 0 heterocycles. The Balaban J connectivity index is 2.08. The maximum atomic E-state index is 10.9. The van der Waals surface area contributed by atoms with Gasteiger partial charge in [-0.3, -0.25) is 4.79 Å². The van der Waals surface area contributed by atoms with Gasteiger partial charge in [0.05, 0.1) is 7.11 Å². The summed E-state index contributed by atoms with van der Waals surface area (Å²) in [5, 5.41) is 3.48. The summed E-state index contributed by atoms with van der Waals surface area (Å²) in [5.74, 6) is 0.502. The highest BCUT2D eigenvalue weighted by molar-refractivity contribution is 9.10. The van der Waals surface area contributed by atoms with Crippen LogP contribution < -0.4 is 20.5 Å². The summed E-state index contributed by atoms with van der Waals surface area (Å²) in [6.45, 7) is 2.58. The molecule has 5 nitrogen and oxygen atoms in total. The van der Waals surface area contributed by atoms with Crippen molar-refractivity contribution >= 4 is 21.8 Å². The van der Waals surface area contributed by atoms with E-state index in [2.05, 4.69) is 40.3 Å². The molecule has 0 fully saturated rings. The Morgan fingerprint density at radius 2 is 1.96 bits per heavy atom. The van der Waals surface area contributed by atoms with Crippen LogP contribution in [0.4, 0.5) is 0 Å². The highest BCUT2D eigenvalue weighted by atomic mass is 79.9. The van der Waals surface area contributed by atoms with Crippen molar-refractivity contribution in [3.05, 3.63) is 58.1 Å². The number of primary amides is 1. The molecule has 2 aromatic carbocycles. The Bertz CT molecular complexity index is 692. The highest BCUT2D eigenvalue weighted by Crippen LogP contribution is 2.33. The van der Waals surface area contributed by atoms with Crippen LogP contribution in [0.5, 0.6) is 11.5 Å². The Labute approximate surface area is 150 Å². The molecule has 0 unspecified atom stereocenters. The number of nitrogens with two attached hydrogens (primary N) is 1. The number of hydrogen-bond donors (Lipinski definition) is 2. The number of methoxy groups -OCH3 is 1. The summed E-state index contributed by atoms with van der Waals surface area (Å²) in [6, 6.07) is 14.1. The minimum atomic E-state index is -0.532. The van der Waals surface area contributed by atoms with Crippen molar-refractivity contribution in [1.82, 2.24) is 5.32 Å². The van der Waals surface area contributed by atoms with Gasteiger partial charge in [0.2, 0.25) is 0 Å².